The van der Waals surface area contributed by atoms with Crippen molar-refractivity contribution in [1.82, 2.24) is 9.80 Å². The topological polar surface area (TPSA) is 76.2 Å². The van der Waals surface area contributed by atoms with E-state index in [0.717, 1.165) is 22.6 Å². The van der Waals surface area contributed by atoms with Crippen LogP contribution >= 0.6 is 0 Å². The van der Waals surface area contributed by atoms with Gasteiger partial charge in [-0.3, -0.25) is 19.4 Å². The number of aryl methyl sites for hydroxylation is 2. The van der Waals surface area contributed by atoms with E-state index in [9.17, 15) is 14.4 Å². The Morgan fingerprint density at radius 1 is 0.733 bits per heavy atom. The van der Waals surface area contributed by atoms with Crippen LogP contribution in [-0.4, -0.2) is 55.0 Å². The molecule has 1 saturated heterocycles. The predicted octanol–water partition coefficient (Wildman–Crippen LogP) is 3.06. The fourth-order valence-corrected chi connectivity index (χ4v) is 3.36. The highest BCUT2D eigenvalue weighted by atomic mass is 16.5. The number of rotatable bonds is 8. The van der Waals surface area contributed by atoms with Gasteiger partial charge in [0.05, 0.1) is 14.2 Å². The highest BCUT2D eigenvalue weighted by Gasteiger charge is 2.36. The van der Waals surface area contributed by atoms with Crippen LogP contribution in [0.5, 0.6) is 11.5 Å². The summed E-state index contributed by atoms with van der Waals surface area (Å²) in [4.78, 5) is 39.9. The molecule has 0 unspecified atom stereocenters. The smallest absolute Gasteiger partial charge is 0.333 e. The Morgan fingerprint density at radius 2 is 1.10 bits per heavy atom. The van der Waals surface area contributed by atoms with Gasteiger partial charge in [-0.25, -0.2) is 4.79 Å². The number of carbonyl (C=O) groups is 3. The van der Waals surface area contributed by atoms with E-state index in [1.165, 1.54) is 9.80 Å². The van der Waals surface area contributed by atoms with Gasteiger partial charge in [-0.05, 0) is 48.2 Å². The number of amides is 4. The minimum absolute atomic E-state index is 0.214. The van der Waals surface area contributed by atoms with Crippen molar-refractivity contribution in [2.75, 3.05) is 27.3 Å². The average molecular weight is 410 g/mol. The van der Waals surface area contributed by atoms with E-state index >= 15 is 0 Å². The van der Waals surface area contributed by atoms with Gasteiger partial charge in [-0.1, -0.05) is 24.3 Å². The lowest BCUT2D eigenvalue weighted by Gasteiger charge is -2.16. The summed E-state index contributed by atoms with van der Waals surface area (Å²) in [5.74, 6) is 0.981. The fourth-order valence-electron chi connectivity index (χ4n) is 3.36. The minimum atomic E-state index is -0.519. The second-order valence-corrected chi connectivity index (χ2v) is 7.07. The second kappa shape index (κ2) is 9.91. The largest absolute Gasteiger partial charge is 0.497 e. The Labute approximate surface area is 176 Å². The van der Waals surface area contributed by atoms with E-state index in [1.807, 2.05) is 48.5 Å². The third-order valence-electron chi connectivity index (χ3n) is 5.18. The van der Waals surface area contributed by atoms with Crippen LogP contribution in [0.15, 0.2) is 48.5 Å². The molecule has 7 nitrogen and oxygen atoms in total. The number of methoxy groups -OCH3 is 2. The van der Waals surface area contributed by atoms with Crippen molar-refractivity contribution in [2.45, 2.75) is 25.7 Å². The molecule has 0 saturated carbocycles. The molecule has 0 bridgehead atoms. The van der Waals surface area contributed by atoms with Gasteiger partial charge in [0, 0.05) is 25.9 Å². The minimum Gasteiger partial charge on any atom is -0.497 e. The van der Waals surface area contributed by atoms with Crippen LogP contribution < -0.4 is 9.47 Å². The molecule has 0 radical (unpaired) electrons. The number of hydrogen-bond acceptors (Lipinski definition) is 5. The molecule has 3 rings (SSSR count). The molecule has 2 aromatic carbocycles. The zero-order valence-electron chi connectivity index (χ0n) is 17.3. The maximum Gasteiger partial charge on any atom is 0.333 e. The quantitative estimate of drug-likeness (QED) is 0.669. The number of benzene rings is 2. The molecule has 1 fully saturated rings. The van der Waals surface area contributed by atoms with E-state index in [4.69, 9.17) is 9.47 Å². The molecule has 158 valence electrons. The highest BCUT2D eigenvalue weighted by molar-refractivity contribution is 6.03. The van der Waals surface area contributed by atoms with Gasteiger partial charge in [-0.15, -0.1) is 0 Å². The Morgan fingerprint density at radius 3 is 1.43 bits per heavy atom. The van der Waals surface area contributed by atoms with E-state index in [0.29, 0.717) is 12.8 Å². The first-order valence-corrected chi connectivity index (χ1v) is 9.92. The summed E-state index contributed by atoms with van der Waals surface area (Å²) in [5, 5.41) is 0. The third-order valence-corrected chi connectivity index (χ3v) is 5.18. The van der Waals surface area contributed by atoms with Crippen LogP contribution in [0.3, 0.4) is 0 Å². The molecule has 1 aliphatic rings. The maximum absolute atomic E-state index is 12.6. The van der Waals surface area contributed by atoms with Gasteiger partial charge in [0.1, 0.15) is 11.5 Å². The summed E-state index contributed by atoms with van der Waals surface area (Å²) in [6, 6.07) is 14.4. The van der Waals surface area contributed by atoms with Crippen molar-refractivity contribution in [3.8, 4) is 11.5 Å². The summed E-state index contributed by atoms with van der Waals surface area (Å²) in [5.41, 5.74) is 1.98. The molecular formula is C23H26N2O5. The lowest BCUT2D eigenvalue weighted by Crippen LogP contribution is -2.39. The van der Waals surface area contributed by atoms with E-state index < -0.39 is 6.03 Å². The van der Waals surface area contributed by atoms with Crippen molar-refractivity contribution < 1.29 is 23.9 Å². The highest BCUT2D eigenvalue weighted by Crippen LogP contribution is 2.17. The Kier molecular flexibility index (Phi) is 7.06. The Hall–Kier alpha value is -3.35. The first-order valence-electron chi connectivity index (χ1n) is 9.92. The second-order valence-electron chi connectivity index (χ2n) is 7.07. The van der Waals surface area contributed by atoms with Crippen molar-refractivity contribution >= 4 is 17.8 Å². The van der Waals surface area contributed by atoms with Crippen LogP contribution in [0.2, 0.25) is 0 Å². The molecule has 1 heterocycles. The van der Waals surface area contributed by atoms with Crippen molar-refractivity contribution in [2.24, 2.45) is 0 Å². The van der Waals surface area contributed by atoms with Gasteiger partial charge in [0.25, 0.3) is 0 Å². The van der Waals surface area contributed by atoms with Crippen molar-refractivity contribution in [3.63, 3.8) is 0 Å². The summed E-state index contributed by atoms with van der Waals surface area (Å²) in [7, 11) is 3.20. The average Bonchev–Trinajstić information content (AvgIpc) is 3.18. The predicted molar refractivity (Wildman–Crippen MR) is 111 cm³/mol. The summed E-state index contributed by atoms with van der Waals surface area (Å²) >= 11 is 0. The van der Waals surface area contributed by atoms with Crippen LogP contribution in [0, 0.1) is 0 Å². The zero-order valence-corrected chi connectivity index (χ0v) is 17.3. The van der Waals surface area contributed by atoms with Crippen LogP contribution in [0.1, 0.15) is 24.0 Å². The fraction of sp³-hybridized carbons (Fsp3) is 0.348. The monoisotopic (exact) mass is 410 g/mol. The maximum atomic E-state index is 12.6. The molecule has 1 aliphatic heterocycles. The Balaban J connectivity index is 1.48. The third kappa shape index (κ3) is 5.17. The first kappa shape index (κ1) is 21.4. The summed E-state index contributed by atoms with van der Waals surface area (Å²) in [6.07, 6.45) is 1.48. The molecule has 2 aromatic rings. The van der Waals surface area contributed by atoms with Crippen LogP contribution in [0.4, 0.5) is 4.79 Å². The number of carbonyl (C=O) groups excluding carboxylic acids is 3. The van der Waals surface area contributed by atoms with E-state index in [1.54, 1.807) is 14.2 Å². The molecule has 4 amide bonds. The lowest BCUT2D eigenvalue weighted by atomic mass is 10.1. The number of urea groups is 1. The number of nitrogens with zero attached hydrogens (tertiary/aromatic N) is 2. The van der Waals surface area contributed by atoms with Gasteiger partial charge >= 0.3 is 6.03 Å². The van der Waals surface area contributed by atoms with Crippen LogP contribution in [0.25, 0.3) is 0 Å². The summed E-state index contributed by atoms with van der Waals surface area (Å²) < 4.78 is 10.2. The summed E-state index contributed by atoms with van der Waals surface area (Å²) in [6.45, 7) is 0.489. The molecular weight excluding hydrogens is 384 g/mol. The zero-order chi connectivity index (χ0) is 21.5. The lowest BCUT2D eigenvalue weighted by molar-refractivity contribution is -0.128. The molecule has 30 heavy (non-hydrogen) atoms. The van der Waals surface area contributed by atoms with E-state index in [2.05, 4.69) is 0 Å². The van der Waals surface area contributed by atoms with Crippen molar-refractivity contribution in [3.05, 3.63) is 59.7 Å². The molecule has 0 N–H and O–H groups in total. The number of ether oxygens (including phenoxy) is 2. The normalized spacial score (nSPS) is 13.5. The van der Waals surface area contributed by atoms with Gasteiger partial charge in [0.2, 0.25) is 11.8 Å². The first-order chi connectivity index (χ1) is 14.5. The molecule has 0 aliphatic carbocycles. The standard InChI is InChI=1S/C23H26N2O5/c1-29-19-9-3-17(4-10-19)7-13-21(26)24-15-16-25(23(24)28)22(27)14-8-18-5-11-20(30-2)12-6-18/h3-6,9-12H,7-8,13-16H2,1-2H3. The van der Waals surface area contributed by atoms with Crippen LogP contribution in [-0.2, 0) is 22.4 Å². The molecule has 0 aromatic heterocycles. The number of imide groups is 2. The van der Waals surface area contributed by atoms with E-state index in [-0.39, 0.29) is 37.7 Å². The molecule has 7 heteroatoms. The molecule has 0 spiro atoms. The number of hydrogen-bond donors (Lipinski definition) is 0. The SMILES string of the molecule is COc1ccc(CCC(=O)N2CCN(C(=O)CCc3ccc(OC)cc3)C2=O)cc1. The van der Waals surface area contributed by atoms with Gasteiger partial charge in [-0.2, -0.15) is 0 Å². The molecule has 0 atom stereocenters. The van der Waals surface area contributed by atoms with Crippen molar-refractivity contribution in [1.29, 1.82) is 0 Å². The Bertz CT molecular complexity index is 819. The van der Waals surface area contributed by atoms with Gasteiger partial charge in [0.15, 0.2) is 0 Å². The van der Waals surface area contributed by atoms with Gasteiger partial charge < -0.3 is 9.47 Å².